The second-order valence-corrected chi connectivity index (χ2v) is 5.26. The van der Waals surface area contributed by atoms with Crippen LogP contribution in [0.1, 0.15) is 26.1 Å². The predicted octanol–water partition coefficient (Wildman–Crippen LogP) is 1.28. The van der Waals surface area contributed by atoms with E-state index >= 15 is 0 Å². The zero-order valence-electron chi connectivity index (χ0n) is 12.0. The maximum atomic E-state index is 9.39. The van der Waals surface area contributed by atoms with Crippen LogP contribution in [0.25, 0.3) is 0 Å². The van der Waals surface area contributed by atoms with Crippen LogP contribution >= 0.6 is 11.8 Å². The first-order chi connectivity index (χ1) is 9.69. The molecule has 1 unspecified atom stereocenters. The number of rotatable bonds is 10. The van der Waals surface area contributed by atoms with E-state index in [1.54, 1.807) is 0 Å². The summed E-state index contributed by atoms with van der Waals surface area (Å²) in [6.07, 6.45) is 0.272. The molecule has 1 atom stereocenters. The van der Waals surface area contributed by atoms with E-state index in [9.17, 15) is 5.11 Å². The molecule has 1 aromatic heterocycles. The Labute approximate surface area is 124 Å². The molecule has 0 amide bonds. The minimum absolute atomic E-state index is 0.245. The molecule has 0 aliphatic carbocycles. The number of hydrogen-bond acceptors (Lipinski definition) is 7. The van der Waals surface area contributed by atoms with Crippen LogP contribution in [0, 0.1) is 0 Å². The highest BCUT2D eigenvalue weighted by Crippen LogP contribution is 2.20. The van der Waals surface area contributed by atoms with E-state index < -0.39 is 6.10 Å². The van der Waals surface area contributed by atoms with Crippen LogP contribution in [-0.2, 0) is 11.3 Å². The molecular formula is C13H23N3O3S. The van der Waals surface area contributed by atoms with Crippen LogP contribution in [0.15, 0.2) is 11.1 Å². The lowest BCUT2D eigenvalue weighted by Gasteiger charge is -2.10. The largest absolute Gasteiger partial charge is 0.394 e. The van der Waals surface area contributed by atoms with E-state index in [1.807, 2.05) is 13.0 Å². The van der Waals surface area contributed by atoms with Gasteiger partial charge in [-0.25, -0.2) is 9.97 Å². The SMILES string of the molecule is CCCNc1cc(SCC(O)CO)nc(COCC)n1. The molecule has 0 aliphatic rings. The fourth-order valence-electron chi connectivity index (χ4n) is 1.38. The Kier molecular flexibility index (Phi) is 8.52. The molecule has 1 rings (SSSR count). The molecule has 0 saturated heterocycles. The van der Waals surface area contributed by atoms with Crippen molar-refractivity contribution in [2.24, 2.45) is 0 Å². The molecule has 3 N–H and O–H groups in total. The molecule has 0 aliphatic heterocycles. The van der Waals surface area contributed by atoms with E-state index in [4.69, 9.17) is 9.84 Å². The minimum atomic E-state index is -0.739. The average Bonchev–Trinajstić information content (AvgIpc) is 2.48. The van der Waals surface area contributed by atoms with Crippen LogP contribution in [0.5, 0.6) is 0 Å². The molecule has 0 radical (unpaired) electrons. The quantitative estimate of drug-likeness (QED) is 0.443. The van der Waals surface area contributed by atoms with Gasteiger partial charge in [-0.1, -0.05) is 6.92 Å². The number of nitrogens with zero attached hydrogens (tertiary/aromatic N) is 2. The van der Waals surface area contributed by atoms with Gasteiger partial charge in [0.1, 0.15) is 17.5 Å². The Morgan fingerprint density at radius 1 is 1.40 bits per heavy atom. The van der Waals surface area contributed by atoms with Gasteiger partial charge in [0.25, 0.3) is 0 Å². The summed E-state index contributed by atoms with van der Waals surface area (Å²) in [6, 6.07) is 1.85. The number of aromatic nitrogens is 2. The summed E-state index contributed by atoms with van der Waals surface area (Å²) < 4.78 is 5.33. The Balaban J connectivity index is 2.73. The smallest absolute Gasteiger partial charge is 0.157 e. The summed E-state index contributed by atoms with van der Waals surface area (Å²) >= 11 is 1.39. The van der Waals surface area contributed by atoms with Crippen molar-refractivity contribution in [3.05, 3.63) is 11.9 Å². The molecule has 0 bridgehead atoms. The first-order valence-corrected chi connectivity index (χ1v) is 7.79. The number of hydrogen-bond donors (Lipinski definition) is 3. The van der Waals surface area contributed by atoms with Crippen molar-refractivity contribution in [1.29, 1.82) is 0 Å². The van der Waals surface area contributed by atoms with Crippen LogP contribution < -0.4 is 5.32 Å². The maximum Gasteiger partial charge on any atom is 0.157 e. The number of thioether (sulfide) groups is 1. The number of nitrogens with one attached hydrogen (secondary N) is 1. The molecule has 20 heavy (non-hydrogen) atoms. The fourth-order valence-corrected chi connectivity index (χ4v) is 2.22. The van der Waals surface area contributed by atoms with Gasteiger partial charge in [0, 0.05) is 25.0 Å². The first-order valence-electron chi connectivity index (χ1n) is 6.80. The third-order valence-corrected chi connectivity index (χ3v) is 3.43. The van der Waals surface area contributed by atoms with E-state index in [1.165, 1.54) is 11.8 Å². The molecule has 114 valence electrons. The van der Waals surface area contributed by atoms with Crippen LogP contribution in [0.3, 0.4) is 0 Å². The van der Waals surface area contributed by atoms with Gasteiger partial charge in [0.05, 0.1) is 12.7 Å². The highest BCUT2D eigenvalue weighted by molar-refractivity contribution is 7.99. The van der Waals surface area contributed by atoms with Gasteiger partial charge in [-0.15, -0.1) is 11.8 Å². The van der Waals surface area contributed by atoms with Gasteiger partial charge in [0.2, 0.25) is 0 Å². The van der Waals surface area contributed by atoms with Gasteiger partial charge in [-0.05, 0) is 13.3 Å². The lowest BCUT2D eigenvalue weighted by molar-refractivity contribution is 0.113. The van der Waals surface area contributed by atoms with Gasteiger partial charge >= 0.3 is 0 Å². The Morgan fingerprint density at radius 2 is 2.20 bits per heavy atom. The summed E-state index contributed by atoms with van der Waals surface area (Å²) in [7, 11) is 0. The summed E-state index contributed by atoms with van der Waals surface area (Å²) in [5.74, 6) is 1.78. The van der Waals surface area contributed by atoms with E-state index in [0.29, 0.717) is 24.8 Å². The number of aliphatic hydroxyl groups excluding tert-OH is 2. The van der Waals surface area contributed by atoms with Crippen molar-refractivity contribution >= 4 is 17.6 Å². The summed E-state index contributed by atoms with van der Waals surface area (Å²) in [5.41, 5.74) is 0. The van der Waals surface area contributed by atoms with Crippen LogP contribution in [0.2, 0.25) is 0 Å². The van der Waals surface area contributed by atoms with Crippen molar-refractivity contribution in [2.45, 2.75) is 38.0 Å². The molecule has 6 nitrogen and oxygen atoms in total. The van der Waals surface area contributed by atoms with Crippen molar-refractivity contribution in [3.63, 3.8) is 0 Å². The van der Waals surface area contributed by atoms with Crippen molar-refractivity contribution in [3.8, 4) is 0 Å². The molecule has 7 heteroatoms. The lowest BCUT2D eigenvalue weighted by atomic mass is 10.4. The second-order valence-electron chi connectivity index (χ2n) is 4.22. The van der Waals surface area contributed by atoms with E-state index in [2.05, 4.69) is 22.2 Å². The standard InChI is InChI=1S/C13H23N3O3S/c1-3-5-14-11-6-13(20-9-10(18)7-17)16-12(15-11)8-19-4-2/h6,10,17-18H,3-5,7-9H2,1-2H3,(H,14,15,16). The molecule has 0 fully saturated rings. The van der Waals surface area contributed by atoms with Gasteiger partial charge < -0.3 is 20.3 Å². The lowest BCUT2D eigenvalue weighted by Crippen LogP contribution is -2.15. The molecule has 1 aromatic rings. The highest BCUT2D eigenvalue weighted by Gasteiger charge is 2.08. The number of anilines is 1. The average molecular weight is 301 g/mol. The zero-order valence-corrected chi connectivity index (χ0v) is 12.8. The third kappa shape index (κ3) is 6.51. The maximum absolute atomic E-state index is 9.39. The third-order valence-electron chi connectivity index (χ3n) is 2.37. The normalized spacial score (nSPS) is 12.4. The Hall–Kier alpha value is -0.890. The summed E-state index contributed by atoms with van der Waals surface area (Å²) in [4.78, 5) is 8.76. The molecule has 0 aromatic carbocycles. The molecule has 0 spiro atoms. The van der Waals surface area contributed by atoms with E-state index in [0.717, 1.165) is 23.8 Å². The first kappa shape index (κ1) is 17.2. The zero-order chi connectivity index (χ0) is 14.8. The monoisotopic (exact) mass is 301 g/mol. The van der Waals surface area contributed by atoms with Crippen molar-refractivity contribution in [2.75, 3.05) is 30.8 Å². The fraction of sp³-hybridized carbons (Fsp3) is 0.692. The Bertz CT molecular complexity index is 367. The Morgan fingerprint density at radius 3 is 2.85 bits per heavy atom. The molecule has 0 saturated carbocycles. The highest BCUT2D eigenvalue weighted by atomic mass is 32.2. The van der Waals surface area contributed by atoms with Crippen molar-refractivity contribution in [1.82, 2.24) is 9.97 Å². The molecule has 1 heterocycles. The minimum Gasteiger partial charge on any atom is -0.394 e. The second kappa shape index (κ2) is 9.93. The summed E-state index contributed by atoms with van der Waals surface area (Å²) in [5, 5.41) is 22.2. The van der Waals surface area contributed by atoms with Crippen molar-refractivity contribution < 1.29 is 14.9 Å². The van der Waals surface area contributed by atoms with Gasteiger partial charge in [0.15, 0.2) is 5.82 Å². The number of ether oxygens (including phenoxy) is 1. The molecular weight excluding hydrogens is 278 g/mol. The number of aliphatic hydroxyl groups is 2. The van der Waals surface area contributed by atoms with Gasteiger partial charge in [-0.2, -0.15) is 0 Å². The van der Waals surface area contributed by atoms with Gasteiger partial charge in [-0.3, -0.25) is 0 Å². The topological polar surface area (TPSA) is 87.5 Å². The summed E-state index contributed by atoms with van der Waals surface area (Å²) in [6.45, 7) is 5.59. The van der Waals surface area contributed by atoms with Crippen LogP contribution in [0.4, 0.5) is 5.82 Å². The van der Waals surface area contributed by atoms with Crippen LogP contribution in [-0.4, -0.2) is 51.8 Å². The van der Waals surface area contributed by atoms with E-state index in [-0.39, 0.29) is 6.61 Å². The predicted molar refractivity (Wildman–Crippen MR) is 80.0 cm³/mol.